The van der Waals surface area contributed by atoms with E-state index in [4.69, 9.17) is 14.4 Å². The summed E-state index contributed by atoms with van der Waals surface area (Å²) in [5.74, 6) is -0.411. The Bertz CT molecular complexity index is 752. The normalized spacial score (nSPS) is 11.0. The van der Waals surface area contributed by atoms with Gasteiger partial charge in [-0.05, 0) is 17.5 Å². The first kappa shape index (κ1) is 12.7. The van der Waals surface area contributed by atoms with Gasteiger partial charge < -0.3 is 14.4 Å². The molecule has 0 spiro atoms. The molecule has 0 saturated heterocycles. The summed E-state index contributed by atoms with van der Waals surface area (Å²) in [6.45, 7) is -0.436. The Morgan fingerprint density at radius 1 is 1.50 bits per heavy atom. The van der Waals surface area contributed by atoms with Crippen molar-refractivity contribution in [2.75, 3.05) is 6.61 Å². The number of aliphatic carboxylic acids is 1. The smallest absolute Gasteiger partial charge is 0.329 e. The highest BCUT2D eigenvalue weighted by Crippen LogP contribution is 2.24. The number of carboxylic acids is 1. The average molecular weight is 291 g/mol. The molecule has 3 heterocycles. The van der Waals surface area contributed by atoms with Gasteiger partial charge in [0.15, 0.2) is 0 Å². The lowest BCUT2D eigenvalue weighted by Gasteiger charge is -1.95. The summed E-state index contributed by atoms with van der Waals surface area (Å²) in [5.41, 5.74) is 1.67. The van der Waals surface area contributed by atoms with Gasteiger partial charge in [0.25, 0.3) is 5.89 Å². The van der Waals surface area contributed by atoms with Crippen LogP contribution in [0.15, 0.2) is 28.2 Å². The molecule has 0 unspecified atom stereocenters. The zero-order valence-electron chi connectivity index (χ0n) is 10.1. The van der Waals surface area contributed by atoms with E-state index >= 15 is 0 Å². The summed E-state index contributed by atoms with van der Waals surface area (Å²) in [6.07, 6.45) is 1.67. The number of pyridine rings is 1. The maximum Gasteiger partial charge on any atom is 0.329 e. The van der Waals surface area contributed by atoms with Gasteiger partial charge in [0.05, 0.1) is 10.2 Å². The molecule has 102 valence electrons. The average Bonchev–Trinajstić information content (AvgIpc) is 3.05. The number of hydrogen-bond donors (Lipinski definition) is 1. The van der Waals surface area contributed by atoms with Crippen molar-refractivity contribution in [1.29, 1.82) is 0 Å². The maximum absolute atomic E-state index is 10.3. The maximum atomic E-state index is 10.3. The minimum Gasteiger partial charge on any atom is -0.480 e. The monoisotopic (exact) mass is 291 g/mol. The van der Waals surface area contributed by atoms with Crippen molar-refractivity contribution in [2.24, 2.45) is 0 Å². The fourth-order valence-electron chi connectivity index (χ4n) is 1.63. The Morgan fingerprint density at radius 3 is 3.25 bits per heavy atom. The van der Waals surface area contributed by atoms with Gasteiger partial charge >= 0.3 is 5.97 Å². The van der Waals surface area contributed by atoms with Crippen LogP contribution < -0.4 is 0 Å². The number of aromatic nitrogens is 3. The van der Waals surface area contributed by atoms with Gasteiger partial charge in [-0.15, -0.1) is 11.3 Å². The van der Waals surface area contributed by atoms with Gasteiger partial charge in [0, 0.05) is 11.8 Å². The summed E-state index contributed by atoms with van der Waals surface area (Å²) in [6, 6.07) is 3.87. The van der Waals surface area contributed by atoms with E-state index in [0.717, 1.165) is 15.8 Å². The number of thiophene rings is 1. The molecule has 0 atom stereocenters. The number of carboxylic acid groups (broad SMARTS) is 1. The van der Waals surface area contributed by atoms with Crippen molar-refractivity contribution < 1.29 is 19.2 Å². The molecule has 20 heavy (non-hydrogen) atoms. The van der Waals surface area contributed by atoms with E-state index in [1.54, 1.807) is 17.5 Å². The van der Waals surface area contributed by atoms with Crippen LogP contribution in [-0.4, -0.2) is 32.8 Å². The lowest BCUT2D eigenvalue weighted by Crippen LogP contribution is -2.06. The quantitative estimate of drug-likeness (QED) is 0.767. The number of fused-ring (bicyclic) bond motifs is 1. The molecule has 0 aliphatic carbocycles. The Labute approximate surface area is 116 Å². The van der Waals surface area contributed by atoms with Gasteiger partial charge in [-0.1, -0.05) is 5.16 Å². The van der Waals surface area contributed by atoms with Crippen LogP contribution in [0.1, 0.15) is 5.89 Å². The van der Waals surface area contributed by atoms with Crippen molar-refractivity contribution in [3.05, 3.63) is 29.6 Å². The molecule has 7 nitrogen and oxygen atoms in total. The van der Waals surface area contributed by atoms with Crippen LogP contribution in [-0.2, 0) is 16.1 Å². The van der Waals surface area contributed by atoms with Crippen molar-refractivity contribution >= 4 is 27.5 Å². The topological polar surface area (TPSA) is 98.3 Å². The minimum atomic E-state index is -1.04. The van der Waals surface area contributed by atoms with Crippen molar-refractivity contribution in [2.45, 2.75) is 6.61 Å². The number of hydrogen-bond acceptors (Lipinski definition) is 7. The number of nitrogens with zero attached hydrogens (tertiary/aromatic N) is 3. The second kappa shape index (κ2) is 5.35. The molecule has 3 aromatic heterocycles. The summed E-state index contributed by atoms with van der Waals surface area (Å²) in [5, 5.41) is 14.2. The van der Waals surface area contributed by atoms with Crippen LogP contribution in [0.5, 0.6) is 0 Å². The Balaban J connectivity index is 1.76. The first-order chi connectivity index (χ1) is 9.72. The van der Waals surface area contributed by atoms with Gasteiger partial charge in [-0.3, -0.25) is 4.98 Å². The molecule has 0 aliphatic heterocycles. The molecule has 0 fully saturated rings. The molecule has 1 N–H and O–H groups in total. The lowest BCUT2D eigenvalue weighted by atomic mass is 10.2. The van der Waals surface area contributed by atoms with E-state index in [-0.39, 0.29) is 12.5 Å². The third-order valence-electron chi connectivity index (χ3n) is 2.48. The first-order valence-corrected chi connectivity index (χ1v) is 6.56. The van der Waals surface area contributed by atoms with Crippen LogP contribution in [0.3, 0.4) is 0 Å². The molecule has 0 aliphatic rings. The van der Waals surface area contributed by atoms with E-state index in [0.29, 0.717) is 5.82 Å². The Kier molecular flexibility index (Phi) is 3.40. The second-order valence-corrected chi connectivity index (χ2v) is 4.87. The first-order valence-electron chi connectivity index (χ1n) is 5.68. The third kappa shape index (κ3) is 2.65. The molecule has 3 aromatic rings. The molecule has 8 heteroatoms. The highest BCUT2D eigenvalue weighted by Gasteiger charge is 2.10. The Hall–Kier alpha value is -2.32. The van der Waals surface area contributed by atoms with Crippen molar-refractivity contribution in [3.8, 4) is 11.4 Å². The Morgan fingerprint density at radius 2 is 2.40 bits per heavy atom. The third-order valence-corrected chi connectivity index (χ3v) is 3.33. The summed E-state index contributed by atoms with van der Waals surface area (Å²) < 4.78 is 10.9. The molecule has 0 aromatic carbocycles. The predicted molar refractivity (Wildman–Crippen MR) is 70.2 cm³/mol. The van der Waals surface area contributed by atoms with Crippen LogP contribution >= 0.6 is 11.3 Å². The highest BCUT2D eigenvalue weighted by molar-refractivity contribution is 7.17. The second-order valence-electron chi connectivity index (χ2n) is 3.93. The zero-order valence-corrected chi connectivity index (χ0v) is 11.0. The van der Waals surface area contributed by atoms with E-state index in [1.165, 1.54) is 0 Å². The highest BCUT2D eigenvalue weighted by atomic mass is 32.1. The van der Waals surface area contributed by atoms with Crippen LogP contribution in [0.4, 0.5) is 0 Å². The zero-order chi connectivity index (χ0) is 13.9. The lowest BCUT2D eigenvalue weighted by molar-refractivity contribution is -0.142. The van der Waals surface area contributed by atoms with Crippen LogP contribution in [0.2, 0.25) is 0 Å². The van der Waals surface area contributed by atoms with Crippen molar-refractivity contribution in [3.63, 3.8) is 0 Å². The molecular weight excluding hydrogens is 282 g/mol. The van der Waals surface area contributed by atoms with E-state index in [1.807, 2.05) is 17.5 Å². The predicted octanol–water partition coefficient (Wildman–Crippen LogP) is 1.95. The number of rotatable bonds is 5. The molecule has 0 bridgehead atoms. The molecule has 0 saturated carbocycles. The minimum absolute atomic E-state index is 0.0338. The van der Waals surface area contributed by atoms with Crippen LogP contribution in [0, 0.1) is 0 Å². The van der Waals surface area contributed by atoms with Crippen LogP contribution in [0.25, 0.3) is 21.6 Å². The largest absolute Gasteiger partial charge is 0.480 e. The van der Waals surface area contributed by atoms with E-state index < -0.39 is 12.6 Å². The SMILES string of the molecule is O=C(O)COCc1nc(-c2cnc3ccsc3c2)no1. The fourth-order valence-corrected chi connectivity index (χ4v) is 2.41. The number of carbonyl (C=O) groups is 1. The van der Waals surface area contributed by atoms with Gasteiger partial charge in [0.1, 0.15) is 13.2 Å². The van der Waals surface area contributed by atoms with Crippen molar-refractivity contribution in [1.82, 2.24) is 15.1 Å². The van der Waals surface area contributed by atoms with Gasteiger partial charge in [0.2, 0.25) is 5.82 Å². The molecule has 3 rings (SSSR count). The summed E-state index contributed by atoms with van der Waals surface area (Å²) >= 11 is 1.58. The van der Waals surface area contributed by atoms with Gasteiger partial charge in [-0.25, -0.2) is 4.79 Å². The van der Waals surface area contributed by atoms with E-state index in [2.05, 4.69) is 15.1 Å². The molecule has 0 radical (unpaired) electrons. The van der Waals surface area contributed by atoms with E-state index in [9.17, 15) is 4.79 Å². The summed E-state index contributed by atoms with van der Waals surface area (Å²) in [7, 11) is 0. The van der Waals surface area contributed by atoms with Gasteiger partial charge in [-0.2, -0.15) is 4.98 Å². The fraction of sp³-hybridized carbons (Fsp3) is 0.167. The molecular formula is C12H9N3O4S. The molecule has 0 amide bonds. The summed E-state index contributed by atoms with van der Waals surface area (Å²) in [4.78, 5) is 18.7. The number of ether oxygens (including phenoxy) is 1. The standard InChI is InChI=1S/C12H9N3O4S/c16-11(17)6-18-5-10-14-12(15-19-10)7-3-9-8(13-4-7)1-2-20-9/h1-4H,5-6H2,(H,16,17).